The van der Waals surface area contributed by atoms with Crippen LogP contribution in [0.15, 0.2) is 0 Å². The molecule has 0 heterocycles. The van der Waals surface area contributed by atoms with Crippen LogP contribution in [0.1, 0.15) is 38.5 Å². The molecular formula is C13H33N5. The minimum Gasteiger partial charge on any atom is -0.330 e. The molecule has 0 aliphatic rings. The molecule has 0 spiro atoms. The first-order valence-corrected chi connectivity index (χ1v) is 7.38. The van der Waals surface area contributed by atoms with Crippen LogP contribution in [0.4, 0.5) is 0 Å². The monoisotopic (exact) mass is 259 g/mol. The molecule has 0 saturated carbocycles. The van der Waals surface area contributed by atoms with Crippen molar-refractivity contribution in [1.29, 1.82) is 0 Å². The molecule has 0 amide bonds. The van der Waals surface area contributed by atoms with E-state index < -0.39 is 0 Å². The molecule has 0 bridgehead atoms. The summed E-state index contributed by atoms with van der Waals surface area (Å²) in [6.07, 6.45) is 6.78. The summed E-state index contributed by atoms with van der Waals surface area (Å²) < 4.78 is 0. The third kappa shape index (κ3) is 13.9. The molecule has 0 aliphatic heterocycles. The van der Waals surface area contributed by atoms with E-state index in [9.17, 15) is 0 Å². The van der Waals surface area contributed by atoms with E-state index in [0.29, 0.717) is 0 Å². The molecular weight excluding hydrogens is 226 g/mol. The fourth-order valence-electron chi connectivity index (χ4n) is 1.79. The lowest BCUT2D eigenvalue weighted by molar-refractivity contribution is 0.506. The molecule has 8 N–H and O–H groups in total. The van der Waals surface area contributed by atoms with Gasteiger partial charge in [0.05, 0.1) is 0 Å². The summed E-state index contributed by atoms with van der Waals surface area (Å²) in [5, 5.41) is 6.79. The minimum absolute atomic E-state index is 0.277. The van der Waals surface area contributed by atoms with Gasteiger partial charge in [-0.05, 0) is 64.8 Å². The quantitative estimate of drug-likeness (QED) is 0.277. The highest BCUT2D eigenvalue weighted by molar-refractivity contribution is 4.65. The Morgan fingerprint density at radius 3 is 2.00 bits per heavy atom. The molecule has 1 unspecified atom stereocenters. The van der Waals surface area contributed by atoms with E-state index in [1.54, 1.807) is 0 Å². The first kappa shape index (κ1) is 17.8. The first-order valence-electron chi connectivity index (χ1n) is 7.38. The summed E-state index contributed by atoms with van der Waals surface area (Å²) in [5.41, 5.74) is 16.8. The smallest absolute Gasteiger partial charge is 0.0165 e. The second-order valence-electron chi connectivity index (χ2n) is 4.85. The normalized spacial score (nSPS) is 12.8. The maximum Gasteiger partial charge on any atom is 0.0165 e. The predicted octanol–water partition coefficient (Wildman–Crippen LogP) is -0.249. The predicted molar refractivity (Wildman–Crippen MR) is 79.5 cm³/mol. The SMILES string of the molecule is NCCCCC(N)CNCCCCNCCCN. The van der Waals surface area contributed by atoms with Crippen molar-refractivity contribution >= 4 is 0 Å². The third-order valence-electron chi connectivity index (χ3n) is 2.95. The Morgan fingerprint density at radius 1 is 0.722 bits per heavy atom. The molecule has 1 atom stereocenters. The number of rotatable bonds is 14. The molecule has 18 heavy (non-hydrogen) atoms. The van der Waals surface area contributed by atoms with Crippen LogP contribution in [0.25, 0.3) is 0 Å². The topological polar surface area (TPSA) is 102 Å². The fourth-order valence-corrected chi connectivity index (χ4v) is 1.79. The van der Waals surface area contributed by atoms with Crippen molar-refractivity contribution in [3.63, 3.8) is 0 Å². The van der Waals surface area contributed by atoms with Crippen molar-refractivity contribution in [2.75, 3.05) is 39.3 Å². The maximum atomic E-state index is 5.98. The molecule has 0 aliphatic carbocycles. The highest BCUT2D eigenvalue weighted by Crippen LogP contribution is 1.96. The van der Waals surface area contributed by atoms with Crippen LogP contribution in [0.2, 0.25) is 0 Å². The van der Waals surface area contributed by atoms with Gasteiger partial charge in [0.1, 0.15) is 0 Å². The average molecular weight is 259 g/mol. The summed E-state index contributed by atoms with van der Waals surface area (Å²) >= 11 is 0. The van der Waals surface area contributed by atoms with Crippen LogP contribution in [-0.4, -0.2) is 45.3 Å². The zero-order chi connectivity index (χ0) is 13.5. The van der Waals surface area contributed by atoms with Crippen LogP contribution >= 0.6 is 0 Å². The Balaban J connectivity index is 3.05. The molecule has 5 nitrogen and oxygen atoms in total. The van der Waals surface area contributed by atoms with E-state index in [0.717, 1.165) is 65.0 Å². The molecule has 0 radical (unpaired) electrons. The summed E-state index contributed by atoms with van der Waals surface area (Å²) in [6.45, 7) is 5.66. The van der Waals surface area contributed by atoms with Crippen molar-refractivity contribution in [3.05, 3.63) is 0 Å². The lowest BCUT2D eigenvalue weighted by Crippen LogP contribution is -2.34. The maximum absolute atomic E-state index is 5.98. The number of hydrogen-bond acceptors (Lipinski definition) is 5. The van der Waals surface area contributed by atoms with E-state index in [-0.39, 0.29) is 6.04 Å². The standard InChI is InChI=1S/C13H33N5/c14-7-2-1-6-13(16)12-18-10-4-3-9-17-11-5-8-15/h13,17-18H,1-12,14-16H2. The molecule has 0 rings (SSSR count). The summed E-state index contributed by atoms with van der Waals surface area (Å²) in [7, 11) is 0. The van der Waals surface area contributed by atoms with Crippen molar-refractivity contribution < 1.29 is 0 Å². The van der Waals surface area contributed by atoms with Gasteiger partial charge in [-0.15, -0.1) is 0 Å². The number of nitrogens with one attached hydrogen (secondary N) is 2. The zero-order valence-electron chi connectivity index (χ0n) is 11.8. The largest absolute Gasteiger partial charge is 0.330 e. The van der Waals surface area contributed by atoms with E-state index in [1.807, 2.05) is 0 Å². The highest BCUT2D eigenvalue weighted by Gasteiger charge is 2.00. The second kappa shape index (κ2) is 14.9. The van der Waals surface area contributed by atoms with Crippen LogP contribution < -0.4 is 27.8 Å². The Labute approximate surface area is 112 Å². The summed E-state index contributed by atoms with van der Waals surface area (Å²) in [6, 6.07) is 0.277. The van der Waals surface area contributed by atoms with Crippen LogP contribution in [0.3, 0.4) is 0 Å². The van der Waals surface area contributed by atoms with Gasteiger partial charge in [-0.25, -0.2) is 0 Å². The number of unbranched alkanes of at least 4 members (excludes halogenated alkanes) is 2. The first-order chi connectivity index (χ1) is 8.81. The number of hydrogen-bond donors (Lipinski definition) is 5. The van der Waals surface area contributed by atoms with E-state index >= 15 is 0 Å². The van der Waals surface area contributed by atoms with E-state index in [4.69, 9.17) is 17.2 Å². The average Bonchev–Trinajstić information content (AvgIpc) is 2.37. The summed E-state index contributed by atoms with van der Waals surface area (Å²) in [4.78, 5) is 0. The van der Waals surface area contributed by atoms with Crippen LogP contribution in [0.5, 0.6) is 0 Å². The van der Waals surface area contributed by atoms with Gasteiger partial charge in [0.2, 0.25) is 0 Å². The summed E-state index contributed by atoms with van der Waals surface area (Å²) in [5.74, 6) is 0. The van der Waals surface area contributed by atoms with Gasteiger partial charge in [-0.3, -0.25) is 0 Å². The molecule has 0 aromatic rings. The second-order valence-corrected chi connectivity index (χ2v) is 4.85. The van der Waals surface area contributed by atoms with E-state index in [1.165, 1.54) is 12.8 Å². The van der Waals surface area contributed by atoms with E-state index in [2.05, 4.69) is 10.6 Å². The lowest BCUT2D eigenvalue weighted by atomic mass is 10.1. The molecule has 110 valence electrons. The minimum atomic E-state index is 0.277. The Hall–Kier alpha value is -0.200. The van der Waals surface area contributed by atoms with Gasteiger partial charge in [0.15, 0.2) is 0 Å². The molecule has 0 aromatic heterocycles. The van der Waals surface area contributed by atoms with Crippen molar-refractivity contribution in [1.82, 2.24) is 10.6 Å². The lowest BCUT2D eigenvalue weighted by Gasteiger charge is -2.12. The van der Waals surface area contributed by atoms with Gasteiger partial charge < -0.3 is 27.8 Å². The van der Waals surface area contributed by atoms with Gasteiger partial charge in [0, 0.05) is 12.6 Å². The molecule has 5 heteroatoms. The van der Waals surface area contributed by atoms with Gasteiger partial charge >= 0.3 is 0 Å². The zero-order valence-corrected chi connectivity index (χ0v) is 11.8. The third-order valence-corrected chi connectivity index (χ3v) is 2.95. The molecule has 0 fully saturated rings. The van der Waals surface area contributed by atoms with Gasteiger partial charge in [0.25, 0.3) is 0 Å². The Morgan fingerprint density at radius 2 is 1.33 bits per heavy atom. The molecule has 0 aromatic carbocycles. The van der Waals surface area contributed by atoms with Crippen LogP contribution in [-0.2, 0) is 0 Å². The van der Waals surface area contributed by atoms with Gasteiger partial charge in [-0.2, -0.15) is 0 Å². The van der Waals surface area contributed by atoms with Crippen LogP contribution in [0, 0.1) is 0 Å². The van der Waals surface area contributed by atoms with Crippen molar-refractivity contribution in [2.45, 2.75) is 44.6 Å². The highest BCUT2D eigenvalue weighted by atomic mass is 14.9. The Bertz CT molecular complexity index is 154. The Kier molecular flexibility index (Phi) is 14.7. The molecule has 0 saturated heterocycles. The van der Waals surface area contributed by atoms with Crippen molar-refractivity contribution in [2.24, 2.45) is 17.2 Å². The fraction of sp³-hybridized carbons (Fsp3) is 1.00. The van der Waals surface area contributed by atoms with Crippen molar-refractivity contribution in [3.8, 4) is 0 Å². The van der Waals surface area contributed by atoms with Gasteiger partial charge in [-0.1, -0.05) is 6.42 Å². The number of nitrogens with two attached hydrogens (primary N) is 3.